The Kier molecular flexibility index (Phi) is 4.15. The Morgan fingerprint density at radius 2 is 2.14 bits per heavy atom. The summed E-state index contributed by atoms with van der Waals surface area (Å²) in [6.07, 6.45) is 6.41. The van der Waals surface area contributed by atoms with Crippen LogP contribution in [0.3, 0.4) is 0 Å². The lowest BCUT2D eigenvalue weighted by Crippen LogP contribution is -2.23. The highest BCUT2D eigenvalue weighted by Crippen LogP contribution is 2.29. The number of nitrogens with one attached hydrogen (secondary N) is 1. The molecular weight excluding hydrogens is 262 g/mol. The predicted molar refractivity (Wildman–Crippen MR) is 82.4 cm³/mol. The van der Waals surface area contributed by atoms with Crippen molar-refractivity contribution in [1.82, 2.24) is 15.3 Å². The minimum absolute atomic E-state index is 0.0471. The monoisotopic (exact) mass is 283 g/mol. The Balaban J connectivity index is 1.86. The van der Waals surface area contributed by atoms with Crippen LogP contribution in [0, 0.1) is 6.92 Å². The highest BCUT2D eigenvalue weighted by Gasteiger charge is 2.24. The van der Waals surface area contributed by atoms with Gasteiger partial charge in [-0.1, -0.05) is 19.1 Å². The lowest BCUT2D eigenvalue weighted by atomic mass is 10.0. The standard InChI is InChI=1S/C17H21N3O/c1-3-18-17(16-11-19-12(2)10-20-16)13-5-4-6-15(9-13)21-14-7-8-14/h4-6,9-11,14,17-18H,3,7-8H2,1-2H3. The highest BCUT2D eigenvalue weighted by atomic mass is 16.5. The number of aryl methyl sites for hydroxylation is 1. The van der Waals surface area contributed by atoms with Crippen molar-refractivity contribution in [3.8, 4) is 5.75 Å². The van der Waals surface area contributed by atoms with Crippen molar-refractivity contribution in [2.24, 2.45) is 0 Å². The topological polar surface area (TPSA) is 47.0 Å². The van der Waals surface area contributed by atoms with E-state index in [0.717, 1.165) is 29.2 Å². The van der Waals surface area contributed by atoms with E-state index in [0.29, 0.717) is 6.10 Å². The van der Waals surface area contributed by atoms with Crippen molar-refractivity contribution in [3.63, 3.8) is 0 Å². The first-order valence-corrected chi connectivity index (χ1v) is 7.55. The molecular formula is C17H21N3O. The third kappa shape index (κ3) is 3.58. The average Bonchev–Trinajstić information content (AvgIpc) is 3.30. The zero-order valence-corrected chi connectivity index (χ0v) is 12.5. The number of hydrogen-bond donors (Lipinski definition) is 1. The fraction of sp³-hybridized carbons (Fsp3) is 0.412. The van der Waals surface area contributed by atoms with Crippen molar-refractivity contribution in [2.75, 3.05) is 6.54 Å². The van der Waals surface area contributed by atoms with E-state index in [4.69, 9.17) is 4.74 Å². The lowest BCUT2D eigenvalue weighted by molar-refractivity contribution is 0.302. The van der Waals surface area contributed by atoms with E-state index in [1.807, 2.05) is 31.5 Å². The van der Waals surface area contributed by atoms with Gasteiger partial charge in [0.15, 0.2) is 0 Å². The van der Waals surface area contributed by atoms with Crippen LogP contribution in [0.1, 0.15) is 42.8 Å². The summed E-state index contributed by atoms with van der Waals surface area (Å²) in [6.45, 7) is 4.91. The van der Waals surface area contributed by atoms with Crippen molar-refractivity contribution in [1.29, 1.82) is 0 Å². The summed E-state index contributed by atoms with van der Waals surface area (Å²) in [6, 6.07) is 8.32. The van der Waals surface area contributed by atoms with Gasteiger partial charge in [-0.2, -0.15) is 0 Å². The van der Waals surface area contributed by atoms with E-state index in [-0.39, 0.29) is 6.04 Å². The molecule has 4 heteroatoms. The zero-order chi connectivity index (χ0) is 14.7. The first kappa shape index (κ1) is 14.0. The van der Waals surface area contributed by atoms with Crippen LogP contribution in [-0.4, -0.2) is 22.6 Å². The fourth-order valence-corrected chi connectivity index (χ4v) is 2.29. The molecule has 1 N–H and O–H groups in total. The Labute approximate surface area is 125 Å². The molecule has 0 bridgehead atoms. The molecule has 110 valence electrons. The molecule has 4 nitrogen and oxygen atoms in total. The van der Waals surface area contributed by atoms with Crippen LogP contribution in [0.15, 0.2) is 36.7 Å². The van der Waals surface area contributed by atoms with Gasteiger partial charge in [0.05, 0.1) is 29.7 Å². The van der Waals surface area contributed by atoms with Crippen LogP contribution in [0.25, 0.3) is 0 Å². The first-order chi connectivity index (χ1) is 10.3. The maximum atomic E-state index is 5.89. The van der Waals surface area contributed by atoms with E-state index < -0.39 is 0 Å². The van der Waals surface area contributed by atoms with Crippen LogP contribution in [0.4, 0.5) is 0 Å². The van der Waals surface area contributed by atoms with Gasteiger partial charge in [0.2, 0.25) is 0 Å². The molecule has 2 aromatic rings. The molecule has 1 aromatic carbocycles. The molecule has 0 saturated heterocycles. The maximum absolute atomic E-state index is 5.89. The molecule has 0 aliphatic heterocycles. The van der Waals surface area contributed by atoms with Gasteiger partial charge in [-0.05, 0) is 44.0 Å². The SMILES string of the molecule is CCNC(c1cccc(OC2CC2)c1)c1cnc(C)cn1. The number of nitrogens with zero attached hydrogens (tertiary/aromatic N) is 2. The fourth-order valence-electron chi connectivity index (χ4n) is 2.29. The van der Waals surface area contributed by atoms with Crippen LogP contribution in [0.5, 0.6) is 5.75 Å². The van der Waals surface area contributed by atoms with Crippen LogP contribution in [-0.2, 0) is 0 Å². The van der Waals surface area contributed by atoms with E-state index >= 15 is 0 Å². The number of aromatic nitrogens is 2. The van der Waals surface area contributed by atoms with E-state index in [1.165, 1.54) is 12.8 Å². The van der Waals surface area contributed by atoms with Crippen LogP contribution < -0.4 is 10.1 Å². The molecule has 1 aliphatic carbocycles. The molecule has 3 rings (SSSR count). The van der Waals surface area contributed by atoms with Crippen LogP contribution >= 0.6 is 0 Å². The molecule has 1 atom stereocenters. The molecule has 1 unspecified atom stereocenters. The quantitative estimate of drug-likeness (QED) is 0.885. The summed E-state index contributed by atoms with van der Waals surface area (Å²) in [5.74, 6) is 0.943. The second-order valence-corrected chi connectivity index (χ2v) is 5.46. The Morgan fingerprint density at radius 3 is 2.81 bits per heavy atom. The highest BCUT2D eigenvalue weighted by molar-refractivity contribution is 5.34. The molecule has 1 fully saturated rings. The third-order valence-corrected chi connectivity index (χ3v) is 3.52. The largest absolute Gasteiger partial charge is 0.490 e. The second-order valence-electron chi connectivity index (χ2n) is 5.46. The van der Waals surface area contributed by atoms with Gasteiger partial charge < -0.3 is 10.1 Å². The summed E-state index contributed by atoms with van der Waals surface area (Å²) in [4.78, 5) is 8.87. The van der Waals surface area contributed by atoms with Crippen molar-refractivity contribution >= 4 is 0 Å². The van der Waals surface area contributed by atoms with E-state index in [2.05, 4.69) is 34.3 Å². The first-order valence-electron chi connectivity index (χ1n) is 7.55. The molecule has 1 heterocycles. The zero-order valence-electron chi connectivity index (χ0n) is 12.5. The molecule has 0 radical (unpaired) electrons. The number of benzene rings is 1. The van der Waals surface area contributed by atoms with Crippen molar-refractivity contribution in [3.05, 3.63) is 53.6 Å². The Morgan fingerprint density at radius 1 is 1.29 bits per heavy atom. The molecule has 0 amide bonds. The summed E-state index contributed by atoms with van der Waals surface area (Å²) in [5, 5.41) is 3.47. The minimum atomic E-state index is 0.0471. The van der Waals surface area contributed by atoms with Gasteiger partial charge in [-0.15, -0.1) is 0 Å². The van der Waals surface area contributed by atoms with Crippen molar-refractivity contribution in [2.45, 2.75) is 38.8 Å². The summed E-state index contributed by atoms with van der Waals surface area (Å²) in [5.41, 5.74) is 3.03. The Hall–Kier alpha value is -1.94. The molecule has 1 aliphatic rings. The van der Waals surface area contributed by atoms with E-state index in [9.17, 15) is 0 Å². The molecule has 1 aromatic heterocycles. The van der Waals surface area contributed by atoms with Gasteiger partial charge in [0.1, 0.15) is 5.75 Å². The summed E-state index contributed by atoms with van der Waals surface area (Å²) in [7, 11) is 0. The predicted octanol–water partition coefficient (Wildman–Crippen LogP) is 3.03. The number of hydrogen-bond acceptors (Lipinski definition) is 4. The average molecular weight is 283 g/mol. The summed E-state index contributed by atoms with van der Waals surface area (Å²) >= 11 is 0. The molecule has 1 saturated carbocycles. The van der Waals surface area contributed by atoms with Gasteiger partial charge >= 0.3 is 0 Å². The van der Waals surface area contributed by atoms with Gasteiger partial charge in [-0.25, -0.2) is 0 Å². The normalized spacial score (nSPS) is 15.7. The van der Waals surface area contributed by atoms with Crippen molar-refractivity contribution < 1.29 is 4.74 Å². The van der Waals surface area contributed by atoms with Gasteiger partial charge in [0.25, 0.3) is 0 Å². The maximum Gasteiger partial charge on any atom is 0.120 e. The summed E-state index contributed by atoms with van der Waals surface area (Å²) < 4.78 is 5.89. The second kappa shape index (κ2) is 6.22. The molecule has 21 heavy (non-hydrogen) atoms. The van der Waals surface area contributed by atoms with Crippen LogP contribution in [0.2, 0.25) is 0 Å². The van der Waals surface area contributed by atoms with Gasteiger partial charge in [0, 0.05) is 6.20 Å². The number of ether oxygens (including phenoxy) is 1. The number of rotatable bonds is 6. The molecule has 0 spiro atoms. The Bertz CT molecular complexity index is 593. The lowest BCUT2D eigenvalue weighted by Gasteiger charge is -2.18. The third-order valence-electron chi connectivity index (χ3n) is 3.52. The smallest absolute Gasteiger partial charge is 0.120 e. The van der Waals surface area contributed by atoms with E-state index in [1.54, 1.807) is 0 Å². The van der Waals surface area contributed by atoms with Gasteiger partial charge in [-0.3, -0.25) is 9.97 Å². The minimum Gasteiger partial charge on any atom is -0.490 e.